The minimum absolute atomic E-state index is 0.0746. The lowest BCUT2D eigenvalue weighted by atomic mass is 10.4. The van der Waals surface area contributed by atoms with Crippen LogP contribution in [0.5, 0.6) is 0 Å². The quantitative estimate of drug-likeness (QED) is 0.607. The molecule has 0 aliphatic heterocycles. The zero-order valence-corrected chi connectivity index (χ0v) is 6.47. The van der Waals surface area contributed by atoms with Gasteiger partial charge in [-0.25, -0.2) is 0 Å². The van der Waals surface area contributed by atoms with Crippen LogP contribution in [0.15, 0.2) is 11.6 Å². The van der Waals surface area contributed by atoms with Crippen LogP contribution in [0.4, 0.5) is 0 Å². The summed E-state index contributed by atoms with van der Waals surface area (Å²) in [6.45, 7) is 3.94. The lowest BCUT2D eigenvalue weighted by Gasteiger charge is -2.07. The third kappa shape index (κ3) is 6.04. The normalized spacial score (nSPS) is 13.1. The SMILES string of the molecule is C=C(Cl)COC[C@@H](N)CO. The summed E-state index contributed by atoms with van der Waals surface area (Å²) in [6, 6.07) is -0.323. The highest BCUT2D eigenvalue weighted by molar-refractivity contribution is 6.29. The molecule has 0 heterocycles. The van der Waals surface area contributed by atoms with Gasteiger partial charge in [0.1, 0.15) is 0 Å². The van der Waals surface area contributed by atoms with E-state index in [9.17, 15) is 0 Å². The molecule has 0 aromatic rings. The Kier molecular flexibility index (Phi) is 5.63. The molecule has 10 heavy (non-hydrogen) atoms. The Morgan fingerprint density at radius 1 is 1.80 bits per heavy atom. The molecule has 0 aromatic carbocycles. The molecule has 0 aliphatic rings. The molecule has 0 rings (SSSR count). The van der Waals surface area contributed by atoms with Gasteiger partial charge in [0.2, 0.25) is 0 Å². The molecule has 3 N–H and O–H groups in total. The monoisotopic (exact) mass is 165 g/mol. The van der Waals surface area contributed by atoms with Crippen LogP contribution in [0.2, 0.25) is 0 Å². The standard InChI is InChI=1S/C6H12ClNO2/c1-5(7)3-10-4-6(8)2-9/h6,9H,1-4,8H2/t6-/m0/s1. The maximum absolute atomic E-state index is 8.44. The number of ether oxygens (including phenoxy) is 1. The van der Waals surface area contributed by atoms with Crippen molar-refractivity contribution in [1.29, 1.82) is 0 Å². The molecule has 60 valence electrons. The molecule has 0 amide bonds. The van der Waals surface area contributed by atoms with Crippen LogP contribution in [0.1, 0.15) is 0 Å². The highest BCUT2D eigenvalue weighted by Crippen LogP contribution is 1.96. The van der Waals surface area contributed by atoms with Gasteiger partial charge in [-0.05, 0) is 0 Å². The van der Waals surface area contributed by atoms with E-state index in [4.69, 9.17) is 27.2 Å². The van der Waals surface area contributed by atoms with Crippen LogP contribution in [0.25, 0.3) is 0 Å². The fourth-order valence-corrected chi connectivity index (χ4v) is 0.451. The van der Waals surface area contributed by atoms with E-state index in [0.29, 0.717) is 11.6 Å². The molecule has 3 nitrogen and oxygen atoms in total. The first-order chi connectivity index (χ1) is 4.66. The predicted octanol–water partition coefficient (Wildman–Crippen LogP) is 0.0751. The summed E-state index contributed by atoms with van der Waals surface area (Å²) in [7, 11) is 0. The van der Waals surface area contributed by atoms with Crippen molar-refractivity contribution in [3.05, 3.63) is 11.6 Å². The largest absolute Gasteiger partial charge is 0.395 e. The maximum Gasteiger partial charge on any atom is 0.0817 e. The first-order valence-corrected chi connectivity index (χ1v) is 3.32. The van der Waals surface area contributed by atoms with Crippen molar-refractivity contribution in [2.75, 3.05) is 19.8 Å². The predicted molar refractivity (Wildman–Crippen MR) is 40.9 cm³/mol. The summed E-state index contributed by atoms with van der Waals surface area (Å²) in [5.74, 6) is 0. The lowest BCUT2D eigenvalue weighted by Crippen LogP contribution is -2.30. The van der Waals surface area contributed by atoms with Crippen LogP contribution in [0, 0.1) is 0 Å². The molecular formula is C6H12ClNO2. The van der Waals surface area contributed by atoms with Gasteiger partial charge in [-0.3, -0.25) is 0 Å². The van der Waals surface area contributed by atoms with Crippen molar-refractivity contribution >= 4 is 11.6 Å². The van der Waals surface area contributed by atoms with Gasteiger partial charge in [-0.1, -0.05) is 18.2 Å². The molecule has 4 heteroatoms. The van der Waals surface area contributed by atoms with Crippen LogP contribution in [-0.4, -0.2) is 31.0 Å². The maximum atomic E-state index is 8.44. The average molecular weight is 166 g/mol. The topological polar surface area (TPSA) is 55.5 Å². The fourth-order valence-electron chi connectivity index (χ4n) is 0.374. The van der Waals surface area contributed by atoms with Crippen molar-refractivity contribution in [3.63, 3.8) is 0 Å². The van der Waals surface area contributed by atoms with E-state index in [1.54, 1.807) is 0 Å². The molecule has 0 fully saturated rings. The van der Waals surface area contributed by atoms with Gasteiger partial charge in [0, 0.05) is 5.03 Å². The second-order valence-electron chi connectivity index (χ2n) is 1.98. The molecule has 0 saturated heterocycles. The number of hydrogen-bond acceptors (Lipinski definition) is 3. The minimum Gasteiger partial charge on any atom is -0.395 e. The Labute approximate surface area is 65.4 Å². The van der Waals surface area contributed by atoms with Crippen LogP contribution >= 0.6 is 11.6 Å². The van der Waals surface area contributed by atoms with Gasteiger partial charge < -0.3 is 15.6 Å². The minimum atomic E-state index is -0.323. The molecule has 0 spiro atoms. The van der Waals surface area contributed by atoms with Crippen molar-refractivity contribution < 1.29 is 9.84 Å². The summed E-state index contributed by atoms with van der Waals surface area (Å²) in [4.78, 5) is 0. The third-order valence-corrected chi connectivity index (χ3v) is 0.934. The Morgan fingerprint density at radius 2 is 2.40 bits per heavy atom. The summed E-state index contributed by atoms with van der Waals surface area (Å²) in [5.41, 5.74) is 5.31. The fraction of sp³-hybridized carbons (Fsp3) is 0.667. The summed E-state index contributed by atoms with van der Waals surface area (Å²) in [6.07, 6.45) is 0. The van der Waals surface area contributed by atoms with E-state index in [2.05, 4.69) is 6.58 Å². The lowest BCUT2D eigenvalue weighted by molar-refractivity contribution is 0.120. The molecule has 0 unspecified atom stereocenters. The van der Waals surface area contributed by atoms with Gasteiger partial charge in [0.25, 0.3) is 0 Å². The molecule has 1 atom stereocenters. The number of nitrogens with two attached hydrogens (primary N) is 1. The van der Waals surface area contributed by atoms with Gasteiger partial charge in [0.15, 0.2) is 0 Å². The highest BCUT2D eigenvalue weighted by Gasteiger charge is 1.98. The second kappa shape index (κ2) is 5.68. The number of aliphatic hydroxyl groups excluding tert-OH is 1. The Balaban J connectivity index is 3.11. The molecule has 0 bridgehead atoms. The average Bonchev–Trinajstić information content (AvgIpc) is 1.87. The van der Waals surface area contributed by atoms with Crippen LogP contribution in [-0.2, 0) is 4.74 Å². The number of rotatable bonds is 5. The summed E-state index contributed by atoms with van der Waals surface area (Å²) in [5, 5.41) is 8.87. The molecular weight excluding hydrogens is 154 g/mol. The van der Waals surface area contributed by atoms with Gasteiger partial charge in [-0.2, -0.15) is 0 Å². The zero-order valence-electron chi connectivity index (χ0n) is 5.72. The Bertz CT molecular complexity index is 108. The van der Waals surface area contributed by atoms with E-state index in [1.807, 2.05) is 0 Å². The first kappa shape index (κ1) is 9.91. The van der Waals surface area contributed by atoms with Gasteiger partial charge in [-0.15, -0.1) is 0 Å². The number of aliphatic hydroxyl groups is 1. The van der Waals surface area contributed by atoms with Crippen LogP contribution < -0.4 is 5.73 Å². The van der Waals surface area contributed by atoms with Crippen molar-refractivity contribution in [1.82, 2.24) is 0 Å². The molecule has 0 saturated carbocycles. The second-order valence-corrected chi connectivity index (χ2v) is 2.51. The number of hydrogen-bond donors (Lipinski definition) is 2. The molecule has 0 radical (unpaired) electrons. The van der Waals surface area contributed by atoms with Gasteiger partial charge in [0.05, 0.1) is 25.9 Å². The third-order valence-electron chi connectivity index (χ3n) is 0.825. The van der Waals surface area contributed by atoms with Crippen molar-refractivity contribution in [3.8, 4) is 0 Å². The van der Waals surface area contributed by atoms with Crippen molar-refractivity contribution in [2.45, 2.75) is 6.04 Å². The Morgan fingerprint density at radius 3 is 2.80 bits per heavy atom. The smallest absolute Gasteiger partial charge is 0.0817 e. The van der Waals surface area contributed by atoms with Crippen LogP contribution in [0.3, 0.4) is 0 Å². The highest BCUT2D eigenvalue weighted by atomic mass is 35.5. The zero-order chi connectivity index (χ0) is 7.98. The number of halogens is 1. The van der Waals surface area contributed by atoms with E-state index in [-0.39, 0.29) is 19.3 Å². The van der Waals surface area contributed by atoms with E-state index in [0.717, 1.165) is 0 Å². The van der Waals surface area contributed by atoms with E-state index < -0.39 is 0 Å². The van der Waals surface area contributed by atoms with E-state index in [1.165, 1.54) is 0 Å². The Hall–Kier alpha value is -0.0900. The molecule has 0 aliphatic carbocycles. The molecule has 0 aromatic heterocycles. The van der Waals surface area contributed by atoms with Crippen molar-refractivity contribution in [2.24, 2.45) is 5.73 Å². The summed E-state index contributed by atoms with van der Waals surface area (Å²) < 4.78 is 4.93. The van der Waals surface area contributed by atoms with Gasteiger partial charge >= 0.3 is 0 Å². The summed E-state index contributed by atoms with van der Waals surface area (Å²) >= 11 is 5.38. The van der Waals surface area contributed by atoms with E-state index >= 15 is 0 Å². The first-order valence-electron chi connectivity index (χ1n) is 2.94.